The Labute approximate surface area is 355 Å². The Morgan fingerprint density at radius 2 is 0.607 bits per heavy atom. The van der Waals surface area contributed by atoms with Crippen LogP contribution in [0.15, 0.2) is 237 Å². The molecule has 11 rings (SSSR count). The molecule has 286 valence electrons. The van der Waals surface area contributed by atoms with E-state index in [4.69, 9.17) is 9.97 Å². The van der Waals surface area contributed by atoms with Crippen molar-refractivity contribution < 1.29 is 0 Å². The van der Waals surface area contributed by atoms with E-state index in [1.54, 1.807) is 0 Å². The maximum atomic E-state index is 5.33. The van der Waals surface area contributed by atoms with Gasteiger partial charge in [0.2, 0.25) is 0 Å². The first-order valence-corrected chi connectivity index (χ1v) is 20.7. The predicted molar refractivity (Wildman–Crippen MR) is 254 cm³/mol. The molecule has 3 heteroatoms. The Hall–Kier alpha value is -8.14. The van der Waals surface area contributed by atoms with Crippen molar-refractivity contribution in [1.82, 2.24) is 14.5 Å². The van der Waals surface area contributed by atoms with Crippen LogP contribution in [0, 0.1) is 0 Å². The van der Waals surface area contributed by atoms with E-state index in [-0.39, 0.29) is 0 Å². The Balaban J connectivity index is 1.28. The van der Waals surface area contributed by atoms with Gasteiger partial charge < -0.3 is 4.57 Å². The summed E-state index contributed by atoms with van der Waals surface area (Å²) in [5.41, 5.74) is 17.4. The molecule has 3 nitrogen and oxygen atoms in total. The molecule has 0 amide bonds. The first-order valence-electron chi connectivity index (χ1n) is 20.7. The van der Waals surface area contributed by atoms with Crippen LogP contribution in [0.25, 0.3) is 106 Å². The fourth-order valence-electron chi connectivity index (χ4n) is 8.83. The molecule has 0 spiro atoms. The van der Waals surface area contributed by atoms with Crippen LogP contribution in [0.2, 0.25) is 0 Å². The first-order chi connectivity index (χ1) is 30.3. The van der Waals surface area contributed by atoms with Crippen molar-refractivity contribution in [2.24, 2.45) is 0 Å². The normalized spacial score (nSPS) is 11.3. The maximum Gasteiger partial charge on any atom is 0.160 e. The summed E-state index contributed by atoms with van der Waals surface area (Å²) in [5, 5.41) is 2.45. The second-order valence-electron chi connectivity index (χ2n) is 15.3. The molecule has 0 unspecified atom stereocenters. The van der Waals surface area contributed by atoms with Crippen LogP contribution < -0.4 is 0 Å². The second-order valence-corrected chi connectivity index (χ2v) is 15.3. The summed E-state index contributed by atoms with van der Waals surface area (Å²) in [4.78, 5) is 10.5. The smallest absolute Gasteiger partial charge is 0.160 e. The number of aromatic nitrogens is 3. The van der Waals surface area contributed by atoms with Gasteiger partial charge in [-0.05, 0) is 63.7 Å². The standard InChI is InChI=1S/C58H39N3/c1-7-21-40(22-8-1)47-33-19-35-53-55(47)56-48(41-23-9-2-10-24-41)34-20-36-54(56)61(53)57-49(42-25-11-3-12-26-42)37-46(38-50(57)43-27-13-4-14-28-43)52-39-51(44-29-15-5-16-30-44)59-58(60-52)45-31-17-6-18-32-45/h1-39H. The van der Waals surface area contributed by atoms with Crippen LogP contribution in [0.4, 0.5) is 0 Å². The first kappa shape index (κ1) is 36.0. The molecule has 0 saturated carbocycles. The van der Waals surface area contributed by atoms with Gasteiger partial charge in [-0.2, -0.15) is 0 Å². The fourth-order valence-corrected chi connectivity index (χ4v) is 8.83. The van der Waals surface area contributed by atoms with E-state index >= 15 is 0 Å². The third-order valence-electron chi connectivity index (χ3n) is 11.6. The third kappa shape index (κ3) is 6.59. The lowest BCUT2D eigenvalue weighted by Gasteiger charge is -2.21. The van der Waals surface area contributed by atoms with Crippen LogP contribution in [0.5, 0.6) is 0 Å². The average Bonchev–Trinajstić information content (AvgIpc) is 3.69. The lowest BCUT2D eigenvalue weighted by Crippen LogP contribution is -2.03. The number of nitrogens with zero attached hydrogens (tertiary/aromatic N) is 3. The van der Waals surface area contributed by atoms with Crippen molar-refractivity contribution in [3.63, 3.8) is 0 Å². The van der Waals surface area contributed by atoms with Crippen molar-refractivity contribution in [2.75, 3.05) is 0 Å². The highest BCUT2D eigenvalue weighted by Crippen LogP contribution is 2.47. The number of hydrogen-bond acceptors (Lipinski definition) is 2. The lowest BCUT2D eigenvalue weighted by molar-refractivity contribution is 1.17. The molecule has 9 aromatic carbocycles. The van der Waals surface area contributed by atoms with Gasteiger partial charge in [0.25, 0.3) is 0 Å². The molecule has 0 radical (unpaired) electrons. The van der Waals surface area contributed by atoms with Crippen LogP contribution >= 0.6 is 0 Å². The monoisotopic (exact) mass is 777 g/mol. The van der Waals surface area contributed by atoms with Crippen molar-refractivity contribution >= 4 is 21.8 Å². The summed E-state index contributed by atoms with van der Waals surface area (Å²) < 4.78 is 2.52. The molecule has 2 aromatic heterocycles. The molecule has 0 fully saturated rings. The molecule has 0 atom stereocenters. The molecule has 0 bridgehead atoms. The van der Waals surface area contributed by atoms with Crippen LogP contribution in [0.1, 0.15) is 0 Å². The van der Waals surface area contributed by atoms with Crippen molar-refractivity contribution in [2.45, 2.75) is 0 Å². The van der Waals surface area contributed by atoms with Crippen LogP contribution in [0.3, 0.4) is 0 Å². The van der Waals surface area contributed by atoms with Crippen molar-refractivity contribution in [3.05, 3.63) is 237 Å². The molecule has 0 N–H and O–H groups in total. The largest absolute Gasteiger partial charge is 0.308 e. The molecule has 2 heterocycles. The summed E-state index contributed by atoms with van der Waals surface area (Å²) in [5.74, 6) is 0.688. The summed E-state index contributed by atoms with van der Waals surface area (Å²) in [7, 11) is 0. The van der Waals surface area contributed by atoms with Gasteiger partial charge in [0.15, 0.2) is 5.82 Å². The highest BCUT2D eigenvalue weighted by atomic mass is 15.0. The van der Waals surface area contributed by atoms with Gasteiger partial charge in [0, 0.05) is 38.6 Å². The van der Waals surface area contributed by atoms with E-state index in [9.17, 15) is 0 Å². The zero-order valence-corrected chi connectivity index (χ0v) is 33.4. The molecular formula is C58H39N3. The highest BCUT2D eigenvalue weighted by Gasteiger charge is 2.25. The van der Waals surface area contributed by atoms with Crippen LogP contribution in [-0.2, 0) is 0 Å². The highest BCUT2D eigenvalue weighted by molar-refractivity contribution is 6.21. The minimum atomic E-state index is 0.688. The average molecular weight is 778 g/mol. The van der Waals surface area contributed by atoms with E-state index in [2.05, 4.69) is 217 Å². The summed E-state index contributed by atoms with van der Waals surface area (Å²) >= 11 is 0. The van der Waals surface area contributed by atoms with Gasteiger partial charge >= 0.3 is 0 Å². The minimum Gasteiger partial charge on any atom is -0.308 e. The van der Waals surface area contributed by atoms with Crippen molar-refractivity contribution in [1.29, 1.82) is 0 Å². The fraction of sp³-hybridized carbons (Fsp3) is 0. The molecule has 11 aromatic rings. The van der Waals surface area contributed by atoms with Gasteiger partial charge in [-0.15, -0.1) is 0 Å². The number of rotatable bonds is 8. The predicted octanol–water partition coefficient (Wildman–Crippen LogP) is 15.2. The molecule has 0 aliphatic heterocycles. The van der Waals surface area contributed by atoms with E-state index in [0.717, 1.165) is 67.1 Å². The zero-order valence-electron chi connectivity index (χ0n) is 33.4. The zero-order chi connectivity index (χ0) is 40.5. The van der Waals surface area contributed by atoms with Gasteiger partial charge in [-0.1, -0.05) is 206 Å². The summed E-state index contributed by atoms with van der Waals surface area (Å²) in [6, 6.07) is 84.2. The lowest BCUT2D eigenvalue weighted by atomic mass is 9.91. The van der Waals surface area contributed by atoms with E-state index < -0.39 is 0 Å². The van der Waals surface area contributed by atoms with Gasteiger partial charge in [-0.25, -0.2) is 9.97 Å². The number of fused-ring (bicyclic) bond motifs is 3. The third-order valence-corrected chi connectivity index (χ3v) is 11.6. The minimum absolute atomic E-state index is 0.688. The topological polar surface area (TPSA) is 30.7 Å². The summed E-state index contributed by atoms with van der Waals surface area (Å²) in [6.07, 6.45) is 0. The quantitative estimate of drug-likeness (QED) is 0.154. The number of hydrogen-bond donors (Lipinski definition) is 0. The van der Waals surface area contributed by atoms with E-state index in [1.807, 2.05) is 24.3 Å². The Kier molecular flexibility index (Phi) is 9.18. The van der Waals surface area contributed by atoms with E-state index in [1.165, 1.54) is 33.0 Å². The van der Waals surface area contributed by atoms with Gasteiger partial charge in [0.05, 0.1) is 28.1 Å². The molecule has 0 aliphatic rings. The Morgan fingerprint density at radius 3 is 1.02 bits per heavy atom. The second kappa shape index (κ2) is 15.6. The molecule has 0 aliphatic carbocycles. The molecular weight excluding hydrogens is 739 g/mol. The van der Waals surface area contributed by atoms with Gasteiger partial charge in [0.1, 0.15) is 0 Å². The van der Waals surface area contributed by atoms with E-state index in [0.29, 0.717) is 5.82 Å². The van der Waals surface area contributed by atoms with Gasteiger partial charge in [-0.3, -0.25) is 0 Å². The SMILES string of the molecule is c1ccc(-c2cc(-c3cc(-c4ccccc4)c(-n4c5cccc(-c6ccccc6)c5c5c(-c6ccccc6)cccc54)c(-c4ccccc4)c3)nc(-c3ccccc3)n2)cc1. The van der Waals surface area contributed by atoms with Crippen LogP contribution in [-0.4, -0.2) is 14.5 Å². The summed E-state index contributed by atoms with van der Waals surface area (Å²) in [6.45, 7) is 0. The maximum absolute atomic E-state index is 5.33. The molecule has 0 saturated heterocycles. The molecule has 61 heavy (non-hydrogen) atoms. The Morgan fingerprint density at radius 1 is 0.262 bits per heavy atom. The van der Waals surface area contributed by atoms with Crippen molar-refractivity contribution in [3.8, 4) is 84.1 Å². The Bertz CT molecular complexity index is 3090. The number of benzene rings is 9.